The zero-order chi connectivity index (χ0) is 19.8. The standard InChI is InChI=1S/C24H26O3S/c1-18-10-6-7-13-21(18)24(19-11-4-3-5-12-19)27-16-20(25)17-28-23-15-9-8-14-22(23)26-2/h3-15,20,24-25H,16-17H2,1-2H3. The fourth-order valence-corrected chi connectivity index (χ4v) is 3.99. The highest BCUT2D eigenvalue weighted by Gasteiger charge is 2.18. The monoisotopic (exact) mass is 394 g/mol. The maximum Gasteiger partial charge on any atom is 0.132 e. The molecule has 0 saturated carbocycles. The smallest absolute Gasteiger partial charge is 0.132 e. The van der Waals surface area contributed by atoms with Crippen LogP contribution in [0.4, 0.5) is 0 Å². The van der Waals surface area contributed by atoms with Gasteiger partial charge in [-0.1, -0.05) is 66.7 Å². The van der Waals surface area contributed by atoms with Gasteiger partial charge in [0.1, 0.15) is 11.9 Å². The molecule has 0 aliphatic rings. The largest absolute Gasteiger partial charge is 0.496 e. The molecule has 0 spiro atoms. The van der Waals surface area contributed by atoms with E-state index >= 15 is 0 Å². The predicted octanol–water partition coefficient (Wildman–Crippen LogP) is 5.26. The summed E-state index contributed by atoms with van der Waals surface area (Å²) in [5.74, 6) is 1.36. The van der Waals surface area contributed by atoms with Gasteiger partial charge < -0.3 is 14.6 Å². The Morgan fingerprint density at radius 3 is 2.32 bits per heavy atom. The summed E-state index contributed by atoms with van der Waals surface area (Å²) in [6.45, 7) is 2.35. The van der Waals surface area contributed by atoms with Gasteiger partial charge >= 0.3 is 0 Å². The zero-order valence-electron chi connectivity index (χ0n) is 16.2. The van der Waals surface area contributed by atoms with Crippen molar-refractivity contribution >= 4 is 11.8 Å². The first-order valence-corrected chi connectivity index (χ1v) is 10.3. The normalized spacial score (nSPS) is 13.1. The zero-order valence-corrected chi connectivity index (χ0v) is 17.1. The van der Waals surface area contributed by atoms with Gasteiger partial charge in [-0.25, -0.2) is 0 Å². The molecule has 2 atom stereocenters. The molecular formula is C24H26O3S. The molecule has 0 amide bonds. The number of aryl methyl sites for hydroxylation is 1. The van der Waals surface area contributed by atoms with Crippen LogP contribution in [-0.4, -0.2) is 30.7 Å². The minimum atomic E-state index is -0.579. The third kappa shape index (κ3) is 5.38. The molecule has 3 nitrogen and oxygen atoms in total. The minimum Gasteiger partial charge on any atom is -0.496 e. The molecule has 3 aromatic carbocycles. The second-order valence-corrected chi connectivity index (χ2v) is 7.66. The average Bonchev–Trinajstić information content (AvgIpc) is 2.74. The molecule has 146 valence electrons. The summed E-state index contributed by atoms with van der Waals surface area (Å²) < 4.78 is 11.6. The van der Waals surface area contributed by atoms with Crippen molar-refractivity contribution in [3.8, 4) is 5.75 Å². The fraction of sp³-hybridized carbons (Fsp3) is 0.250. The molecule has 0 bridgehead atoms. The molecule has 0 aromatic heterocycles. The SMILES string of the molecule is COc1ccccc1SCC(O)COC(c1ccccc1)c1ccccc1C. The number of rotatable bonds is 9. The third-order valence-corrected chi connectivity index (χ3v) is 5.73. The highest BCUT2D eigenvalue weighted by Crippen LogP contribution is 2.31. The third-order valence-electron chi connectivity index (χ3n) is 4.53. The molecule has 3 aromatic rings. The fourth-order valence-electron chi connectivity index (χ4n) is 3.05. The molecule has 0 aliphatic heterocycles. The van der Waals surface area contributed by atoms with E-state index in [1.54, 1.807) is 18.9 Å². The first kappa shape index (κ1) is 20.5. The number of aliphatic hydroxyl groups excluding tert-OH is 1. The molecule has 1 N–H and O–H groups in total. The molecule has 28 heavy (non-hydrogen) atoms. The summed E-state index contributed by atoms with van der Waals surface area (Å²) >= 11 is 1.57. The summed E-state index contributed by atoms with van der Waals surface area (Å²) in [5, 5.41) is 10.5. The van der Waals surface area contributed by atoms with E-state index in [2.05, 4.69) is 31.2 Å². The number of ether oxygens (including phenoxy) is 2. The Hall–Kier alpha value is -2.27. The summed E-state index contributed by atoms with van der Waals surface area (Å²) in [5.41, 5.74) is 3.38. The summed E-state index contributed by atoms with van der Waals surface area (Å²) in [7, 11) is 1.66. The lowest BCUT2D eigenvalue weighted by Gasteiger charge is -2.22. The summed E-state index contributed by atoms with van der Waals surface area (Å²) in [6, 6.07) is 26.2. The van der Waals surface area contributed by atoms with Crippen LogP contribution in [0.1, 0.15) is 22.8 Å². The van der Waals surface area contributed by atoms with E-state index in [9.17, 15) is 5.11 Å². The van der Waals surface area contributed by atoms with Crippen molar-refractivity contribution in [3.63, 3.8) is 0 Å². The van der Waals surface area contributed by atoms with E-state index in [1.165, 1.54) is 5.56 Å². The molecule has 0 heterocycles. The van der Waals surface area contributed by atoms with Gasteiger partial charge in [0.2, 0.25) is 0 Å². The van der Waals surface area contributed by atoms with Crippen molar-refractivity contribution in [1.29, 1.82) is 0 Å². The van der Waals surface area contributed by atoms with Gasteiger partial charge in [0, 0.05) is 10.6 Å². The van der Waals surface area contributed by atoms with Crippen molar-refractivity contribution in [3.05, 3.63) is 95.6 Å². The lowest BCUT2D eigenvalue weighted by Crippen LogP contribution is -2.21. The van der Waals surface area contributed by atoms with Crippen molar-refractivity contribution in [2.75, 3.05) is 19.5 Å². The Kier molecular flexibility index (Phi) is 7.54. The number of methoxy groups -OCH3 is 1. The first-order valence-electron chi connectivity index (χ1n) is 9.35. The molecule has 3 rings (SSSR count). The van der Waals surface area contributed by atoms with Gasteiger partial charge in [-0.05, 0) is 35.7 Å². The maximum atomic E-state index is 10.5. The number of hydrogen-bond donors (Lipinski definition) is 1. The number of benzene rings is 3. The van der Waals surface area contributed by atoms with Crippen LogP contribution in [0.25, 0.3) is 0 Å². The van der Waals surface area contributed by atoms with Gasteiger partial charge in [-0.3, -0.25) is 0 Å². The minimum absolute atomic E-state index is 0.201. The van der Waals surface area contributed by atoms with Crippen LogP contribution in [0.15, 0.2) is 83.8 Å². The van der Waals surface area contributed by atoms with Gasteiger partial charge in [-0.2, -0.15) is 0 Å². The first-order chi connectivity index (χ1) is 13.7. The summed E-state index contributed by atoms with van der Waals surface area (Å²) in [6.07, 6.45) is -0.779. The van der Waals surface area contributed by atoms with Crippen molar-refractivity contribution in [2.24, 2.45) is 0 Å². The number of para-hydroxylation sites is 1. The number of thioether (sulfide) groups is 1. The van der Waals surface area contributed by atoms with Gasteiger partial charge in [0.15, 0.2) is 0 Å². The van der Waals surface area contributed by atoms with Crippen molar-refractivity contribution in [1.82, 2.24) is 0 Å². The average molecular weight is 395 g/mol. The Bertz CT molecular complexity index is 866. The van der Waals surface area contributed by atoms with Crippen LogP contribution in [0, 0.1) is 6.92 Å². The van der Waals surface area contributed by atoms with Gasteiger partial charge in [-0.15, -0.1) is 11.8 Å². The second-order valence-electron chi connectivity index (χ2n) is 6.60. The van der Waals surface area contributed by atoms with E-state index in [0.29, 0.717) is 5.75 Å². The van der Waals surface area contributed by atoms with Crippen LogP contribution in [-0.2, 0) is 4.74 Å². The Labute approximate surface area is 171 Å². The Balaban J connectivity index is 1.66. The quantitative estimate of drug-likeness (QED) is 0.502. The molecule has 0 saturated heterocycles. The van der Waals surface area contributed by atoms with Crippen LogP contribution in [0.5, 0.6) is 5.75 Å². The van der Waals surface area contributed by atoms with Crippen LogP contribution >= 0.6 is 11.8 Å². The lowest BCUT2D eigenvalue weighted by atomic mass is 9.97. The molecule has 4 heteroatoms. The molecule has 0 radical (unpaired) electrons. The molecule has 2 unspecified atom stereocenters. The number of hydrogen-bond acceptors (Lipinski definition) is 4. The van der Waals surface area contributed by atoms with Crippen LogP contribution in [0.2, 0.25) is 0 Å². The van der Waals surface area contributed by atoms with Gasteiger partial charge in [0.25, 0.3) is 0 Å². The molecule has 0 aliphatic carbocycles. The van der Waals surface area contributed by atoms with E-state index < -0.39 is 6.10 Å². The van der Waals surface area contributed by atoms with Crippen LogP contribution in [0.3, 0.4) is 0 Å². The van der Waals surface area contributed by atoms with Crippen molar-refractivity contribution in [2.45, 2.75) is 24.0 Å². The second kappa shape index (κ2) is 10.3. The van der Waals surface area contributed by atoms with Crippen LogP contribution < -0.4 is 4.74 Å². The highest BCUT2D eigenvalue weighted by molar-refractivity contribution is 7.99. The maximum absolute atomic E-state index is 10.5. The molecular weight excluding hydrogens is 368 g/mol. The lowest BCUT2D eigenvalue weighted by molar-refractivity contribution is 0.0153. The van der Waals surface area contributed by atoms with Crippen molar-refractivity contribution < 1.29 is 14.6 Å². The van der Waals surface area contributed by atoms with E-state index in [1.807, 2.05) is 54.6 Å². The van der Waals surface area contributed by atoms with E-state index in [0.717, 1.165) is 21.8 Å². The van der Waals surface area contributed by atoms with E-state index in [4.69, 9.17) is 9.47 Å². The highest BCUT2D eigenvalue weighted by atomic mass is 32.2. The Morgan fingerprint density at radius 1 is 0.893 bits per heavy atom. The van der Waals surface area contributed by atoms with E-state index in [-0.39, 0.29) is 12.7 Å². The Morgan fingerprint density at radius 2 is 1.57 bits per heavy atom. The topological polar surface area (TPSA) is 38.7 Å². The summed E-state index contributed by atoms with van der Waals surface area (Å²) in [4.78, 5) is 1.02. The number of aliphatic hydroxyl groups is 1. The van der Waals surface area contributed by atoms with Gasteiger partial charge in [0.05, 0.1) is 19.8 Å². The predicted molar refractivity (Wildman–Crippen MR) is 115 cm³/mol. The molecule has 0 fully saturated rings.